The van der Waals surface area contributed by atoms with Gasteiger partial charge in [-0.3, -0.25) is 4.79 Å². The number of hydrogen-bond donors (Lipinski definition) is 0. The van der Waals surface area contributed by atoms with E-state index in [0.29, 0.717) is 12.5 Å². The van der Waals surface area contributed by atoms with Gasteiger partial charge < -0.3 is 14.4 Å². The van der Waals surface area contributed by atoms with Gasteiger partial charge in [0.1, 0.15) is 5.75 Å². The Hall–Kier alpha value is -2.30. The Morgan fingerprint density at radius 2 is 1.82 bits per heavy atom. The Morgan fingerprint density at radius 1 is 1.18 bits per heavy atom. The van der Waals surface area contributed by atoms with E-state index >= 15 is 0 Å². The fraction of sp³-hybridized carbons (Fsp3) is 0.565. The molecular weight excluding hydrogens is 354 g/mol. The molecule has 0 radical (unpaired) electrons. The third-order valence-electron chi connectivity index (χ3n) is 5.66. The molecule has 1 aliphatic heterocycles. The van der Waals surface area contributed by atoms with Gasteiger partial charge in [0.15, 0.2) is 0 Å². The summed E-state index contributed by atoms with van der Waals surface area (Å²) in [5, 5.41) is 0. The second-order valence-corrected chi connectivity index (χ2v) is 8.04. The maximum Gasteiger partial charge on any atom is 0.330 e. The zero-order valence-electron chi connectivity index (χ0n) is 17.6. The molecule has 5 nitrogen and oxygen atoms in total. The van der Waals surface area contributed by atoms with Crippen molar-refractivity contribution in [1.82, 2.24) is 4.90 Å². The SMILES string of the molecule is CCC(C)(C)C(=O)N1CCC(CCOC(=O)/C=C/c2ccc(OC)cc2)CC1. The molecule has 2 rings (SSSR count). The van der Waals surface area contributed by atoms with Crippen LogP contribution in [0.1, 0.15) is 52.0 Å². The number of esters is 1. The molecule has 0 unspecified atom stereocenters. The molecule has 0 spiro atoms. The van der Waals surface area contributed by atoms with Crippen molar-refractivity contribution in [3.8, 4) is 5.75 Å². The van der Waals surface area contributed by atoms with Crippen molar-refractivity contribution in [3.05, 3.63) is 35.9 Å². The maximum atomic E-state index is 12.5. The minimum atomic E-state index is -0.326. The van der Waals surface area contributed by atoms with Crippen molar-refractivity contribution in [2.75, 3.05) is 26.8 Å². The number of nitrogens with zero attached hydrogens (tertiary/aromatic N) is 1. The van der Waals surface area contributed by atoms with Crippen molar-refractivity contribution in [1.29, 1.82) is 0 Å². The van der Waals surface area contributed by atoms with Gasteiger partial charge in [-0.25, -0.2) is 4.79 Å². The van der Waals surface area contributed by atoms with Crippen LogP contribution in [0.15, 0.2) is 30.3 Å². The van der Waals surface area contributed by atoms with Crippen molar-refractivity contribution < 1.29 is 19.1 Å². The van der Waals surface area contributed by atoms with E-state index in [0.717, 1.165) is 50.1 Å². The first-order valence-corrected chi connectivity index (χ1v) is 10.1. The number of rotatable bonds is 8. The van der Waals surface area contributed by atoms with Crippen LogP contribution in [0, 0.1) is 11.3 Å². The molecule has 1 saturated heterocycles. The normalized spacial score (nSPS) is 15.6. The second-order valence-electron chi connectivity index (χ2n) is 8.04. The predicted octanol–water partition coefficient (Wildman–Crippen LogP) is 4.32. The van der Waals surface area contributed by atoms with E-state index in [4.69, 9.17) is 9.47 Å². The minimum Gasteiger partial charge on any atom is -0.497 e. The molecule has 0 bridgehead atoms. The summed E-state index contributed by atoms with van der Waals surface area (Å²) in [7, 11) is 1.62. The van der Waals surface area contributed by atoms with Crippen LogP contribution in [-0.2, 0) is 14.3 Å². The predicted molar refractivity (Wildman–Crippen MR) is 111 cm³/mol. The Balaban J connectivity index is 1.67. The molecule has 0 atom stereocenters. The number of hydrogen-bond acceptors (Lipinski definition) is 4. The quantitative estimate of drug-likeness (QED) is 0.492. The fourth-order valence-corrected chi connectivity index (χ4v) is 3.26. The van der Waals surface area contributed by atoms with Crippen LogP contribution in [0.4, 0.5) is 0 Å². The molecule has 1 aromatic carbocycles. The highest BCUT2D eigenvalue weighted by Gasteiger charge is 2.32. The minimum absolute atomic E-state index is 0.253. The van der Waals surface area contributed by atoms with Crippen LogP contribution in [0.3, 0.4) is 0 Å². The van der Waals surface area contributed by atoms with Crippen LogP contribution in [-0.4, -0.2) is 43.6 Å². The van der Waals surface area contributed by atoms with Gasteiger partial charge in [-0.05, 0) is 55.4 Å². The summed E-state index contributed by atoms with van der Waals surface area (Å²) in [4.78, 5) is 26.4. The summed E-state index contributed by atoms with van der Waals surface area (Å²) in [5.41, 5.74) is 0.642. The lowest BCUT2D eigenvalue weighted by Crippen LogP contribution is -2.45. The lowest BCUT2D eigenvalue weighted by molar-refractivity contribution is -0.142. The van der Waals surface area contributed by atoms with Gasteiger partial charge in [-0.15, -0.1) is 0 Å². The summed E-state index contributed by atoms with van der Waals surface area (Å²) >= 11 is 0. The van der Waals surface area contributed by atoms with Crippen LogP contribution >= 0.6 is 0 Å². The average molecular weight is 388 g/mol. The molecule has 0 aromatic heterocycles. The smallest absolute Gasteiger partial charge is 0.330 e. The summed E-state index contributed by atoms with van der Waals surface area (Å²) in [6, 6.07) is 7.47. The Labute approximate surface area is 168 Å². The average Bonchev–Trinajstić information content (AvgIpc) is 2.72. The molecule has 1 fully saturated rings. The highest BCUT2D eigenvalue weighted by atomic mass is 16.5. The Bertz CT molecular complexity index is 670. The first kappa shape index (κ1) is 22.0. The molecule has 1 aromatic rings. The van der Waals surface area contributed by atoms with Crippen molar-refractivity contribution in [3.63, 3.8) is 0 Å². The van der Waals surface area contributed by atoms with E-state index in [1.54, 1.807) is 13.2 Å². The first-order chi connectivity index (χ1) is 13.4. The number of benzene rings is 1. The van der Waals surface area contributed by atoms with E-state index in [9.17, 15) is 9.59 Å². The molecule has 28 heavy (non-hydrogen) atoms. The topological polar surface area (TPSA) is 55.8 Å². The summed E-state index contributed by atoms with van der Waals surface area (Å²) in [6.45, 7) is 8.12. The molecule has 1 aliphatic rings. The van der Waals surface area contributed by atoms with Crippen LogP contribution in [0.25, 0.3) is 6.08 Å². The zero-order valence-corrected chi connectivity index (χ0v) is 17.6. The van der Waals surface area contributed by atoms with E-state index in [2.05, 4.69) is 6.92 Å². The number of likely N-dealkylation sites (tertiary alicyclic amines) is 1. The third-order valence-corrected chi connectivity index (χ3v) is 5.66. The molecule has 0 aliphatic carbocycles. The molecule has 1 amide bonds. The van der Waals surface area contributed by atoms with E-state index < -0.39 is 0 Å². The zero-order chi connectivity index (χ0) is 20.6. The monoisotopic (exact) mass is 387 g/mol. The molecule has 5 heteroatoms. The number of carbonyl (C=O) groups is 2. The largest absolute Gasteiger partial charge is 0.497 e. The Kier molecular flexibility index (Phi) is 8.09. The molecule has 0 N–H and O–H groups in total. The van der Waals surface area contributed by atoms with Crippen LogP contribution in [0.2, 0.25) is 0 Å². The summed E-state index contributed by atoms with van der Waals surface area (Å²) in [6.07, 6.45) is 6.85. The Morgan fingerprint density at radius 3 is 2.39 bits per heavy atom. The lowest BCUT2D eigenvalue weighted by Gasteiger charge is -2.36. The van der Waals surface area contributed by atoms with E-state index in [1.165, 1.54) is 6.08 Å². The van der Waals surface area contributed by atoms with Gasteiger partial charge in [-0.1, -0.05) is 32.9 Å². The number of methoxy groups -OCH3 is 1. The van der Waals surface area contributed by atoms with Crippen molar-refractivity contribution >= 4 is 18.0 Å². The number of piperidine rings is 1. The highest BCUT2D eigenvalue weighted by Crippen LogP contribution is 2.27. The van der Waals surface area contributed by atoms with Gasteiger partial charge in [0, 0.05) is 24.6 Å². The second kappa shape index (κ2) is 10.3. The highest BCUT2D eigenvalue weighted by molar-refractivity contribution is 5.87. The molecule has 1 heterocycles. The number of ether oxygens (including phenoxy) is 2. The maximum absolute atomic E-state index is 12.5. The van der Waals surface area contributed by atoms with Gasteiger partial charge in [0.25, 0.3) is 0 Å². The van der Waals surface area contributed by atoms with Gasteiger partial charge in [0.05, 0.1) is 13.7 Å². The number of carbonyl (C=O) groups excluding carboxylic acids is 2. The van der Waals surface area contributed by atoms with Gasteiger partial charge in [0.2, 0.25) is 5.91 Å². The fourth-order valence-electron chi connectivity index (χ4n) is 3.26. The molecular formula is C23H33NO4. The van der Waals surface area contributed by atoms with E-state index in [1.807, 2.05) is 43.0 Å². The van der Waals surface area contributed by atoms with Crippen molar-refractivity contribution in [2.24, 2.45) is 11.3 Å². The number of amides is 1. The molecule has 154 valence electrons. The van der Waals surface area contributed by atoms with Crippen molar-refractivity contribution in [2.45, 2.75) is 46.5 Å². The standard InChI is InChI=1S/C23H33NO4/c1-5-23(2,3)22(26)24-15-12-19(13-16-24)14-17-28-21(25)11-8-18-6-9-20(27-4)10-7-18/h6-11,19H,5,12-17H2,1-4H3/b11-8+. The summed E-state index contributed by atoms with van der Waals surface area (Å²) < 4.78 is 10.4. The van der Waals surface area contributed by atoms with Gasteiger partial charge in [-0.2, -0.15) is 0 Å². The molecule has 0 saturated carbocycles. The summed E-state index contributed by atoms with van der Waals surface area (Å²) in [5.74, 6) is 1.22. The van der Waals surface area contributed by atoms with Crippen LogP contribution in [0.5, 0.6) is 5.75 Å². The first-order valence-electron chi connectivity index (χ1n) is 10.1. The third kappa shape index (κ3) is 6.39. The lowest BCUT2D eigenvalue weighted by atomic mass is 9.86. The van der Waals surface area contributed by atoms with Crippen LogP contribution < -0.4 is 4.74 Å². The van der Waals surface area contributed by atoms with E-state index in [-0.39, 0.29) is 17.3 Å². The van der Waals surface area contributed by atoms with Gasteiger partial charge >= 0.3 is 5.97 Å².